The van der Waals surface area contributed by atoms with Crippen LogP contribution >= 0.6 is 0 Å². The van der Waals surface area contributed by atoms with Crippen molar-refractivity contribution in [1.82, 2.24) is 10.6 Å². The molecule has 1 aromatic carbocycles. The highest BCUT2D eigenvalue weighted by Crippen LogP contribution is 2.55. The molecule has 0 heterocycles. The van der Waals surface area contributed by atoms with E-state index in [1.807, 2.05) is 6.92 Å². The Labute approximate surface area is 177 Å². The second kappa shape index (κ2) is 7.63. The highest BCUT2D eigenvalue weighted by Gasteiger charge is 2.51. The van der Waals surface area contributed by atoms with Gasteiger partial charge in [-0.3, -0.25) is 10.1 Å². The van der Waals surface area contributed by atoms with Gasteiger partial charge in [-0.05, 0) is 75.3 Å². The molecule has 0 aromatic heterocycles. The Morgan fingerprint density at radius 3 is 2.17 bits per heavy atom. The maximum Gasteiger partial charge on any atom is 0.322 e. The minimum Gasteiger partial charge on any atom is -0.332 e. The molecule has 0 spiro atoms. The summed E-state index contributed by atoms with van der Waals surface area (Å²) >= 11 is 0. The fraction of sp³-hybridized carbons (Fsp3) is 0.667. The monoisotopic (exact) mass is 414 g/mol. The van der Waals surface area contributed by atoms with Gasteiger partial charge in [0.05, 0.1) is 6.04 Å². The van der Waals surface area contributed by atoms with Crippen LogP contribution in [0, 0.1) is 23.6 Å². The average molecular weight is 415 g/mol. The van der Waals surface area contributed by atoms with Crippen LogP contribution < -0.4 is 15.5 Å². The Kier molecular flexibility index (Phi) is 5.08. The summed E-state index contributed by atoms with van der Waals surface area (Å²) in [6.07, 6.45) is 9.35. The third-order valence-corrected chi connectivity index (χ3v) is 8.03. The first-order valence-electron chi connectivity index (χ1n) is 11.6. The van der Waals surface area contributed by atoms with Crippen molar-refractivity contribution in [2.45, 2.75) is 82.5 Å². The summed E-state index contributed by atoms with van der Waals surface area (Å²) in [6.45, 7) is 2.56. The van der Waals surface area contributed by atoms with Crippen LogP contribution in [0.1, 0.15) is 63.9 Å². The van der Waals surface area contributed by atoms with Crippen molar-refractivity contribution in [3.05, 3.63) is 35.6 Å². The molecule has 4 bridgehead atoms. The number of hydrogen-bond donors (Lipinski definition) is 3. The van der Waals surface area contributed by atoms with E-state index in [1.54, 1.807) is 12.1 Å². The molecule has 6 heteroatoms. The third-order valence-electron chi connectivity index (χ3n) is 8.03. The zero-order chi connectivity index (χ0) is 20.9. The number of hydrogen-bond acceptors (Lipinski definition) is 2. The lowest BCUT2D eigenvalue weighted by molar-refractivity contribution is -0.938. The SMILES string of the molecule is C[C@@H](C(=O)NC(=O)NC12CC3CC(CC(C3)C1)C2)[NH+](Cc1ccc(F)cc1)C1CC1. The Bertz CT molecular complexity index is 785. The number of carbonyl (C=O) groups excluding carboxylic acids is 2. The summed E-state index contributed by atoms with van der Waals surface area (Å²) in [5.41, 5.74) is 0.912. The lowest BCUT2D eigenvalue weighted by Crippen LogP contribution is -3.16. The van der Waals surface area contributed by atoms with Gasteiger partial charge in [0.2, 0.25) is 0 Å². The summed E-state index contributed by atoms with van der Waals surface area (Å²) in [5, 5.41) is 5.87. The molecule has 0 aliphatic heterocycles. The van der Waals surface area contributed by atoms with Crippen molar-refractivity contribution in [3.8, 4) is 0 Å². The average Bonchev–Trinajstić information content (AvgIpc) is 3.50. The first-order chi connectivity index (χ1) is 14.4. The molecule has 2 atom stereocenters. The van der Waals surface area contributed by atoms with Crippen LogP contribution in [0.2, 0.25) is 0 Å². The van der Waals surface area contributed by atoms with Gasteiger partial charge in [0.1, 0.15) is 12.4 Å². The van der Waals surface area contributed by atoms with Crippen LogP contribution in [0.3, 0.4) is 0 Å². The van der Waals surface area contributed by atoms with Crippen molar-refractivity contribution >= 4 is 11.9 Å². The molecule has 5 nitrogen and oxygen atoms in total. The van der Waals surface area contributed by atoms with Crippen LogP contribution in [0.25, 0.3) is 0 Å². The van der Waals surface area contributed by atoms with Gasteiger partial charge in [0.25, 0.3) is 5.91 Å². The van der Waals surface area contributed by atoms with E-state index in [0.29, 0.717) is 12.6 Å². The van der Waals surface area contributed by atoms with Gasteiger partial charge in [-0.2, -0.15) is 0 Å². The van der Waals surface area contributed by atoms with Gasteiger partial charge in [-0.15, -0.1) is 0 Å². The number of quaternary nitrogens is 1. The molecular formula is C24H33FN3O2+. The predicted molar refractivity (Wildman–Crippen MR) is 111 cm³/mol. The molecule has 1 unspecified atom stereocenters. The minimum atomic E-state index is -0.329. The molecule has 0 saturated heterocycles. The Morgan fingerprint density at radius 1 is 1.07 bits per heavy atom. The highest BCUT2D eigenvalue weighted by molar-refractivity contribution is 5.96. The smallest absolute Gasteiger partial charge is 0.322 e. The molecule has 1 aromatic rings. The molecule has 5 aliphatic carbocycles. The number of rotatable bonds is 6. The molecule has 6 rings (SSSR count). The van der Waals surface area contributed by atoms with E-state index in [-0.39, 0.29) is 29.3 Å². The number of imide groups is 1. The zero-order valence-electron chi connectivity index (χ0n) is 17.8. The van der Waals surface area contributed by atoms with E-state index >= 15 is 0 Å². The zero-order valence-corrected chi connectivity index (χ0v) is 17.8. The van der Waals surface area contributed by atoms with Gasteiger partial charge >= 0.3 is 6.03 Å². The fourth-order valence-electron chi connectivity index (χ4n) is 6.87. The number of halogens is 1. The van der Waals surface area contributed by atoms with E-state index in [2.05, 4.69) is 10.6 Å². The van der Waals surface area contributed by atoms with Crippen LogP contribution in [0.15, 0.2) is 24.3 Å². The summed E-state index contributed by atoms with van der Waals surface area (Å²) in [6, 6.07) is 6.26. The standard InChI is InChI=1S/C24H32FN3O2/c1-15(28(21-6-7-21)14-16-2-4-20(25)5-3-16)22(29)26-23(30)27-24-11-17-8-18(12-24)10-19(9-17)13-24/h2-5,15,17-19,21H,6-14H2,1H3,(H2,26,27,29,30)/p+1/t15-,17?,18?,19?,24?/m0/s1. The van der Waals surface area contributed by atoms with Crippen LogP contribution in [-0.2, 0) is 11.3 Å². The maximum atomic E-state index is 13.2. The van der Waals surface area contributed by atoms with E-state index in [4.69, 9.17) is 0 Å². The Hall–Kier alpha value is -1.95. The van der Waals surface area contributed by atoms with Crippen LogP contribution in [0.5, 0.6) is 0 Å². The molecule has 5 aliphatic rings. The highest BCUT2D eigenvalue weighted by atomic mass is 19.1. The van der Waals surface area contributed by atoms with Crippen molar-refractivity contribution in [1.29, 1.82) is 0 Å². The van der Waals surface area contributed by atoms with Gasteiger partial charge in [0.15, 0.2) is 6.04 Å². The fourth-order valence-corrected chi connectivity index (χ4v) is 6.87. The van der Waals surface area contributed by atoms with Crippen LogP contribution in [-0.4, -0.2) is 29.6 Å². The second-order valence-electron chi connectivity index (χ2n) is 10.5. The number of carbonyl (C=O) groups is 2. The van der Waals surface area contributed by atoms with Crippen LogP contribution in [0.4, 0.5) is 9.18 Å². The third kappa shape index (κ3) is 4.11. The Morgan fingerprint density at radius 2 is 1.63 bits per heavy atom. The van der Waals surface area contributed by atoms with Gasteiger partial charge in [0, 0.05) is 23.9 Å². The predicted octanol–water partition coefficient (Wildman–Crippen LogP) is 2.56. The maximum absolute atomic E-state index is 13.2. The molecule has 5 saturated carbocycles. The number of amides is 3. The molecule has 3 amide bonds. The van der Waals surface area contributed by atoms with E-state index < -0.39 is 0 Å². The molecule has 0 radical (unpaired) electrons. The summed E-state index contributed by atoms with van der Waals surface area (Å²) in [7, 11) is 0. The van der Waals surface area contributed by atoms with E-state index in [1.165, 1.54) is 31.4 Å². The number of urea groups is 1. The quantitative estimate of drug-likeness (QED) is 0.670. The van der Waals surface area contributed by atoms with E-state index in [9.17, 15) is 14.0 Å². The topological polar surface area (TPSA) is 62.6 Å². The molecular weight excluding hydrogens is 381 g/mol. The number of benzene rings is 1. The first-order valence-corrected chi connectivity index (χ1v) is 11.6. The second-order valence-corrected chi connectivity index (χ2v) is 10.5. The largest absolute Gasteiger partial charge is 0.332 e. The minimum absolute atomic E-state index is 0.0977. The normalized spacial score (nSPS) is 33.7. The summed E-state index contributed by atoms with van der Waals surface area (Å²) in [5.74, 6) is 1.77. The Balaban J connectivity index is 1.19. The molecule has 30 heavy (non-hydrogen) atoms. The first kappa shape index (κ1) is 20.0. The summed E-state index contributed by atoms with van der Waals surface area (Å²) in [4.78, 5) is 26.8. The van der Waals surface area contributed by atoms with E-state index in [0.717, 1.165) is 60.3 Å². The van der Waals surface area contributed by atoms with Crippen molar-refractivity contribution in [3.63, 3.8) is 0 Å². The van der Waals surface area contributed by atoms with Gasteiger partial charge in [-0.25, -0.2) is 9.18 Å². The lowest BCUT2D eigenvalue weighted by Gasteiger charge is -2.56. The lowest BCUT2D eigenvalue weighted by atomic mass is 9.53. The summed E-state index contributed by atoms with van der Waals surface area (Å²) < 4.78 is 13.2. The van der Waals surface area contributed by atoms with Crippen molar-refractivity contribution in [2.24, 2.45) is 17.8 Å². The van der Waals surface area contributed by atoms with Crippen molar-refractivity contribution < 1.29 is 18.9 Å². The van der Waals surface area contributed by atoms with Crippen molar-refractivity contribution in [2.75, 3.05) is 0 Å². The molecule has 162 valence electrons. The molecule has 5 fully saturated rings. The van der Waals surface area contributed by atoms with Gasteiger partial charge in [-0.1, -0.05) is 12.1 Å². The number of nitrogens with one attached hydrogen (secondary N) is 3. The van der Waals surface area contributed by atoms with Gasteiger partial charge < -0.3 is 10.2 Å². The molecule has 3 N–H and O–H groups in total.